The van der Waals surface area contributed by atoms with Gasteiger partial charge in [0.1, 0.15) is 6.04 Å². The lowest BCUT2D eigenvalue weighted by atomic mass is 10.0. The van der Waals surface area contributed by atoms with Crippen molar-refractivity contribution in [3.05, 3.63) is 95.6 Å². The minimum absolute atomic E-state index is 0.162. The lowest BCUT2D eigenvalue weighted by Gasteiger charge is -2.31. The number of nitrogens with one attached hydrogen (secondary N) is 1. The maximum atomic E-state index is 13.6. The Balaban J connectivity index is 1.89. The number of rotatable bonds is 13. The second-order valence-electron chi connectivity index (χ2n) is 8.80. The fourth-order valence-electron chi connectivity index (χ4n) is 3.91. The van der Waals surface area contributed by atoms with Gasteiger partial charge in [-0.15, -0.1) is 0 Å². The first kappa shape index (κ1) is 26.8. The number of carbonyl (C=O) groups is 2. The number of benzene rings is 3. The summed E-state index contributed by atoms with van der Waals surface area (Å²) in [5, 5.41) is 3.03. The number of hydrogen-bond acceptors (Lipinski definition) is 4. The SMILES string of the molecule is CCCCNC(=O)C(Cc1ccccc1)N(Cc1ccc(C)cc1)C(=O)COc1ccccc1OC. The van der Waals surface area contributed by atoms with E-state index < -0.39 is 6.04 Å². The summed E-state index contributed by atoms with van der Waals surface area (Å²) in [6.07, 6.45) is 2.26. The van der Waals surface area contributed by atoms with Gasteiger partial charge < -0.3 is 19.7 Å². The van der Waals surface area contributed by atoms with Crippen molar-refractivity contribution in [2.75, 3.05) is 20.3 Å². The molecule has 0 spiro atoms. The predicted molar refractivity (Wildman–Crippen MR) is 142 cm³/mol. The lowest BCUT2D eigenvalue weighted by molar-refractivity contribution is -0.142. The molecule has 1 atom stereocenters. The molecule has 0 heterocycles. The first-order chi connectivity index (χ1) is 17.5. The summed E-state index contributed by atoms with van der Waals surface area (Å²) in [6.45, 7) is 4.76. The van der Waals surface area contributed by atoms with Crippen LogP contribution in [0.2, 0.25) is 0 Å². The molecule has 0 saturated carbocycles. The molecule has 3 aromatic rings. The summed E-state index contributed by atoms with van der Waals surface area (Å²) in [4.78, 5) is 28.7. The van der Waals surface area contributed by atoms with E-state index in [1.54, 1.807) is 24.1 Å². The van der Waals surface area contributed by atoms with Crippen LogP contribution in [-0.2, 0) is 22.6 Å². The molecule has 3 aromatic carbocycles. The molecule has 0 radical (unpaired) electrons. The van der Waals surface area contributed by atoms with Crippen LogP contribution >= 0.6 is 0 Å². The number of carbonyl (C=O) groups excluding carboxylic acids is 2. The van der Waals surface area contributed by atoms with Gasteiger partial charge in [0.15, 0.2) is 18.1 Å². The number of nitrogens with zero attached hydrogens (tertiary/aromatic N) is 1. The molecule has 1 unspecified atom stereocenters. The van der Waals surface area contributed by atoms with Gasteiger partial charge in [0, 0.05) is 19.5 Å². The van der Waals surface area contributed by atoms with Crippen molar-refractivity contribution in [1.82, 2.24) is 10.2 Å². The average molecular weight is 489 g/mol. The molecule has 190 valence electrons. The number of hydrogen-bond donors (Lipinski definition) is 1. The third-order valence-corrected chi connectivity index (χ3v) is 5.99. The van der Waals surface area contributed by atoms with E-state index in [9.17, 15) is 9.59 Å². The van der Waals surface area contributed by atoms with Gasteiger partial charge in [-0.3, -0.25) is 9.59 Å². The quantitative estimate of drug-likeness (QED) is 0.346. The van der Waals surface area contributed by atoms with Crippen LogP contribution in [0.3, 0.4) is 0 Å². The molecule has 0 aliphatic rings. The van der Waals surface area contributed by atoms with E-state index >= 15 is 0 Å². The first-order valence-corrected chi connectivity index (χ1v) is 12.4. The van der Waals surface area contributed by atoms with Crippen molar-refractivity contribution in [3.63, 3.8) is 0 Å². The Kier molecular flexibility index (Phi) is 10.4. The summed E-state index contributed by atoms with van der Waals surface area (Å²) in [5.74, 6) is 0.599. The van der Waals surface area contributed by atoms with Crippen molar-refractivity contribution < 1.29 is 19.1 Å². The molecule has 3 rings (SSSR count). The number of para-hydroxylation sites is 2. The monoisotopic (exact) mass is 488 g/mol. The molecule has 0 aliphatic heterocycles. The molecule has 6 nitrogen and oxygen atoms in total. The Morgan fingerprint density at radius 2 is 1.56 bits per heavy atom. The third-order valence-electron chi connectivity index (χ3n) is 5.99. The molecule has 0 aromatic heterocycles. The summed E-state index contributed by atoms with van der Waals surface area (Å²) in [7, 11) is 1.56. The zero-order valence-electron chi connectivity index (χ0n) is 21.4. The molecule has 36 heavy (non-hydrogen) atoms. The Morgan fingerprint density at radius 1 is 0.889 bits per heavy atom. The van der Waals surface area contributed by atoms with E-state index in [1.807, 2.05) is 73.7 Å². The second-order valence-corrected chi connectivity index (χ2v) is 8.80. The largest absolute Gasteiger partial charge is 0.493 e. The number of amides is 2. The molecular weight excluding hydrogens is 452 g/mol. The fourth-order valence-corrected chi connectivity index (χ4v) is 3.91. The molecule has 6 heteroatoms. The molecule has 0 bridgehead atoms. The summed E-state index contributed by atoms with van der Waals surface area (Å²) >= 11 is 0. The van der Waals surface area contributed by atoms with Gasteiger partial charge in [0.05, 0.1) is 7.11 Å². The Labute approximate surface area is 214 Å². The highest BCUT2D eigenvalue weighted by atomic mass is 16.5. The predicted octanol–water partition coefficient (Wildman–Crippen LogP) is 4.94. The van der Waals surface area contributed by atoms with Gasteiger partial charge >= 0.3 is 0 Å². The van der Waals surface area contributed by atoms with Crippen LogP contribution < -0.4 is 14.8 Å². The van der Waals surface area contributed by atoms with Crippen LogP contribution in [0.4, 0.5) is 0 Å². The van der Waals surface area contributed by atoms with Crippen LogP contribution in [0.5, 0.6) is 11.5 Å². The van der Waals surface area contributed by atoms with E-state index in [0.717, 1.165) is 29.5 Å². The Hall–Kier alpha value is -3.80. The van der Waals surface area contributed by atoms with Crippen LogP contribution in [-0.4, -0.2) is 43.0 Å². The summed E-state index contributed by atoms with van der Waals surface area (Å²) in [6, 6.07) is 24.3. The van der Waals surface area contributed by atoms with Gasteiger partial charge in [-0.05, 0) is 36.6 Å². The van der Waals surface area contributed by atoms with Crippen molar-refractivity contribution in [3.8, 4) is 11.5 Å². The highest BCUT2D eigenvalue weighted by Gasteiger charge is 2.30. The number of ether oxygens (including phenoxy) is 2. The number of aryl methyl sites for hydroxylation is 1. The van der Waals surface area contributed by atoms with Crippen molar-refractivity contribution >= 4 is 11.8 Å². The maximum absolute atomic E-state index is 13.6. The molecule has 0 fully saturated rings. The smallest absolute Gasteiger partial charge is 0.261 e. The summed E-state index contributed by atoms with van der Waals surface area (Å²) < 4.78 is 11.2. The lowest BCUT2D eigenvalue weighted by Crippen LogP contribution is -2.51. The minimum atomic E-state index is -0.681. The first-order valence-electron chi connectivity index (χ1n) is 12.4. The van der Waals surface area contributed by atoms with Gasteiger partial charge in [0.25, 0.3) is 5.91 Å². The highest BCUT2D eigenvalue weighted by molar-refractivity contribution is 5.88. The zero-order valence-corrected chi connectivity index (χ0v) is 21.4. The van der Waals surface area contributed by atoms with E-state index in [1.165, 1.54) is 0 Å². The number of methoxy groups -OCH3 is 1. The van der Waals surface area contributed by atoms with Crippen LogP contribution in [0.1, 0.15) is 36.5 Å². The second kappa shape index (κ2) is 13.9. The molecule has 2 amide bonds. The van der Waals surface area contributed by atoms with Gasteiger partial charge in [-0.25, -0.2) is 0 Å². The maximum Gasteiger partial charge on any atom is 0.261 e. The van der Waals surface area contributed by atoms with Gasteiger partial charge in [-0.1, -0.05) is 85.6 Å². The van der Waals surface area contributed by atoms with Crippen LogP contribution in [0.15, 0.2) is 78.9 Å². The van der Waals surface area contributed by atoms with E-state index in [-0.39, 0.29) is 18.4 Å². The van der Waals surface area contributed by atoms with Crippen LogP contribution in [0, 0.1) is 6.92 Å². The molecule has 0 saturated heterocycles. The normalized spacial score (nSPS) is 11.4. The van der Waals surface area contributed by atoms with Crippen molar-refractivity contribution in [2.45, 2.75) is 45.7 Å². The van der Waals surface area contributed by atoms with E-state index in [0.29, 0.717) is 31.0 Å². The van der Waals surface area contributed by atoms with Crippen molar-refractivity contribution in [2.24, 2.45) is 0 Å². The van der Waals surface area contributed by atoms with E-state index in [2.05, 4.69) is 12.2 Å². The summed E-state index contributed by atoms with van der Waals surface area (Å²) in [5.41, 5.74) is 3.07. The molecule has 1 N–H and O–H groups in total. The number of unbranched alkanes of at least 4 members (excludes halogenated alkanes) is 1. The Bertz CT molecular complexity index is 1100. The minimum Gasteiger partial charge on any atom is -0.493 e. The zero-order chi connectivity index (χ0) is 25.8. The highest BCUT2D eigenvalue weighted by Crippen LogP contribution is 2.26. The fraction of sp³-hybridized carbons (Fsp3) is 0.333. The topological polar surface area (TPSA) is 67.9 Å². The third kappa shape index (κ3) is 7.87. The standard InChI is InChI=1S/C30H36N2O4/c1-4-5-19-31-30(34)26(20-24-11-7-6-8-12-24)32(21-25-17-15-23(2)16-18-25)29(33)22-36-28-14-10-9-13-27(28)35-3/h6-18,26H,4-5,19-22H2,1-3H3,(H,31,34). The average Bonchev–Trinajstić information content (AvgIpc) is 2.91. The Morgan fingerprint density at radius 3 is 2.22 bits per heavy atom. The molecule has 0 aliphatic carbocycles. The van der Waals surface area contributed by atoms with Crippen molar-refractivity contribution in [1.29, 1.82) is 0 Å². The van der Waals surface area contributed by atoms with Gasteiger partial charge in [-0.2, -0.15) is 0 Å². The van der Waals surface area contributed by atoms with Crippen LogP contribution in [0.25, 0.3) is 0 Å². The van der Waals surface area contributed by atoms with E-state index in [4.69, 9.17) is 9.47 Å². The molecular formula is C30H36N2O4. The van der Waals surface area contributed by atoms with Gasteiger partial charge in [0.2, 0.25) is 5.91 Å².